The van der Waals surface area contributed by atoms with Crippen LogP contribution in [0.3, 0.4) is 0 Å². The van der Waals surface area contributed by atoms with Gasteiger partial charge >= 0.3 is 6.36 Å². The number of benzene rings is 1. The van der Waals surface area contributed by atoms with Gasteiger partial charge in [-0.3, -0.25) is 0 Å². The van der Waals surface area contributed by atoms with E-state index in [0.717, 1.165) is 0 Å². The van der Waals surface area contributed by atoms with E-state index in [-0.39, 0.29) is 5.75 Å². The molecule has 0 N–H and O–H groups in total. The Morgan fingerprint density at radius 3 is 2.25 bits per heavy atom. The zero-order chi connectivity index (χ0) is 11.6. The molecule has 16 heavy (non-hydrogen) atoms. The first-order valence-corrected chi connectivity index (χ1v) is 4.35. The van der Waals surface area contributed by atoms with Crippen molar-refractivity contribution in [2.45, 2.75) is 6.36 Å². The van der Waals surface area contributed by atoms with Gasteiger partial charge in [-0.05, 0) is 30.3 Å². The van der Waals surface area contributed by atoms with Gasteiger partial charge in [0.05, 0.1) is 11.9 Å². The SMILES string of the molecule is FC(F)(F)Oc1ccc(C2=N[N]C=C2)cc1. The van der Waals surface area contributed by atoms with Gasteiger partial charge in [0.25, 0.3) is 0 Å². The van der Waals surface area contributed by atoms with Crippen LogP contribution in [-0.2, 0) is 0 Å². The normalized spacial score (nSPS) is 14.6. The van der Waals surface area contributed by atoms with Crippen LogP contribution in [0.4, 0.5) is 13.2 Å². The smallest absolute Gasteiger partial charge is 0.406 e. The first-order valence-electron chi connectivity index (χ1n) is 4.35. The van der Waals surface area contributed by atoms with Gasteiger partial charge in [0.15, 0.2) is 0 Å². The molecule has 0 spiro atoms. The average Bonchev–Trinajstić information content (AvgIpc) is 2.69. The third kappa shape index (κ3) is 2.53. The number of nitrogens with zero attached hydrogens (tertiary/aromatic N) is 2. The summed E-state index contributed by atoms with van der Waals surface area (Å²) in [5, 5.41) is 3.78. The van der Waals surface area contributed by atoms with Crippen LogP contribution in [0.2, 0.25) is 0 Å². The minimum Gasteiger partial charge on any atom is -0.406 e. The Kier molecular flexibility index (Phi) is 2.55. The topological polar surface area (TPSA) is 35.7 Å². The van der Waals surface area contributed by atoms with Crippen molar-refractivity contribution in [1.29, 1.82) is 0 Å². The summed E-state index contributed by atoms with van der Waals surface area (Å²) in [6.07, 6.45) is -1.49. The van der Waals surface area contributed by atoms with Gasteiger partial charge in [-0.2, -0.15) is 10.5 Å². The maximum atomic E-state index is 11.9. The molecule has 0 unspecified atom stereocenters. The Bertz CT molecular complexity index is 434. The summed E-state index contributed by atoms with van der Waals surface area (Å²) in [6.45, 7) is 0. The molecule has 0 saturated heterocycles. The molecule has 0 aromatic heterocycles. The molecular weight excluding hydrogens is 221 g/mol. The van der Waals surface area contributed by atoms with Gasteiger partial charge in [-0.25, -0.2) is 0 Å². The number of alkyl halides is 3. The molecule has 0 aliphatic carbocycles. The van der Waals surface area contributed by atoms with Crippen LogP contribution in [0.25, 0.3) is 0 Å². The molecule has 0 fully saturated rings. The molecule has 1 aliphatic rings. The summed E-state index contributed by atoms with van der Waals surface area (Å²) >= 11 is 0. The standard InChI is InChI=1S/C10H6F3N2O/c11-10(12,13)16-8-3-1-7(2-4-8)9-5-6-14-15-9/h1-6H. The van der Waals surface area contributed by atoms with E-state index in [1.54, 1.807) is 6.08 Å². The largest absolute Gasteiger partial charge is 0.573 e. The molecular formula is C10H6F3N2O. The van der Waals surface area contributed by atoms with Gasteiger partial charge in [-0.1, -0.05) is 0 Å². The second-order valence-corrected chi connectivity index (χ2v) is 2.99. The van der Waals surface area contributed by atoms with Crippen LogP contribution in [0.5, 0.6) is 5.75 Å². The monoisotopic (exact) mass is 227 g/mol. The number of halogens is 3. The lowest BCUT2D eigenvalue weighted by atomic mass is 10.1. The van der Waals surface area contributed by atoms with E-state index < -0.39 is 6.36 Å². The first-order chi connectivity index (χ1) is 7.54. The van der Waals surface area contributed by atoms with Crippen molar-refractivity contribution in [3.05, 3.63) is 42.1 Å². The van der Waals surface area contributed by atoms with Crippen molar-refractivity contribution in [2.24, 2.45) is 5.10 Å². The van der Waals surface area contributed by atoms with E-state index >= 15 is 0 Å². The Balaban J connectivity index is 2.13. The van der Waals surface area contributed by atoms with Crippen LogP contribution in [0, 0.1) is 0 Å². The highest BCUT2D eigenvalue weighted by Gasteiger charge is 2.30. The molecule has 0 bridgehead atoms. The van der Waals surface area contributed by atoms with Crippen LogP contribution in [0.1, 0.15) is 5.56 Å². The number of hydrogen-bond donors (Lipinski definition) is 0. The second-order valence-electron chi connectivity index (χ2n) is 2.99. The van der Waals surface area contributed by atoms with E-state index in [9.17, 15) is 13.2 Å². The molecule has 0 amide bonds. The highest BCUT2D eigenvalue weighted by molar-refractivity contribution is 6.09. The van der Waals surface area contributed by atoms with Crippen LogP contribution >= 0.6 is 0 Å². The zero-order valence-electron chi connectivity index (χ0n) is 7.90. The Morgan fingerprint density at radius 1 is 1.06 bits per heavy atom. The highest BCUT2D eigenvalue weighted by Crippen LogP contribution is 2.23. The summed E-state index contributed by atoms with van der Waals surface area (Å²) in [5.41, 5.74) is 4.92. The van der Waals surface area contributed by atoms with Gasteiger partial charge in [0.1, 0.15) is 5.75 Å². The van der Waals surface area contributed by atoms with E-state index in [2.05, 4.69) is 15.3 Å². The zero-order valence-corrected chi connectivity index (χ0v) is 7.90. The summed E-state index contributed by atoms with van der Waals surface area (Å²) in [7, 11) is 0. The van der Waals surface area contributed by atoms with Crippen LogP contribution in [0.15, 0.2) is 41.6 Å². The molecule has 2 rings (SSSR count). The molecule has 1 aromatic rings. The molecule has 1 aromatic carbocycles. The quantitative estimate of drug-likeness (QED) is 0.764. The first kappa shape index (κ1) is 10.5. The van der Waals surface area contributed by atoms with Crippen molar-refractivity contribution in [3.8, 4) is 5.75 Å². The predicted molar refractivity (Wildman–Crippen MR) is 50.9 cm³/mol. The van der Waals surface area contributed by atoms with E-state index in [0.29, 0.717) is 11.3 Å². The molecule has 83 valence electrons. The fourth-order valence-electron chi connectivity index (χ4n) is 1.21. The number of hydrogen-bond acceptors (Lipinski definition) is 2. The van der Waals surface area contributed by atoms with E-state index in [1.807, 2.05) is 0 Å². The van der Waals surface area contributed by atoms with Gasteiger partial charge in [-0.15, -0.1) is 13.2 Å². The molecule has 1 aliphatic heterocycles. The van der Waals surface area contributed by atoms with Crippen molar-refractivity contribution in [3.63, 3.8) is 0 Å². The van der Waals surface area contributed by atoms with Gasteiger partial charge in [0, 0.05) is 5.56 Å². The Morgan fingerprint density at radius 2 is 1.75 bits per heavy atom. The van der Waals surface area contributed by atoms with E-state index in [4.69, 9.17) is 0 Å². The van der Waals surface area contributed by atoms with Gasteiger partial charge in [0.2, 0.25) is 0 Å². The van der Waals surface area contributed by atoms with E-state index in [1.165, 1.54) is 30.5 Å². The van der Waals surface area contributed by atoms with Crippen molar-refractivity contribution >= 4 is 5.71 Å². The predicted octanol–water partition coefficient (Wildman–Crippen LogP) is 2.42. The third-order valence-corrected chi connectivity index (χ3v) is 1.85. The molecule has 6 heteroatoms. The Hall–Kier alpha value is -1.98. The minimum atomic E-state index is -4.67. The maximum absolute atomic E-state index is 11.9. The van der Waals surface area contributed by atoms with Gasteiger partial charge < -0.3 is 4.74 Å². The fraction of sp³-hybridized carbons (Fsp3) is 0.100. The molecule has 1 heterocycles. The number of rotatable bonds is 2. The summed E-state index contributed by atoms with van der Waals surface area (Å²) in [6, 6.07) is 5.45. The lowest BCUT2D eigenvalue weighted by Crippen LogP contribution is -2.17. The Labute approximate surface area is 89.2 Å². The van der Waals surface area contributed by atoms with Crippen molar-refractivity contribution in [2.75, 3.05) is 0 Å². The number of ether oxygens (including phenoxy) is 1. The fourth-order valence-corrected chi connectivity index (χ4v) is 1.21. The lowest BCUT2D eigenvalue weighted by Gasteiger charge is -2.08. The molecule has 0 saturated carbocycles. The van der Waals surface area contributed by atoms with Crippen LogP contribution in [-0.4, -0.2) is 12.1 Å². The van der Waals surface area contributed by atoms with Crippen LogP contribution < -0.4 is 10.2 Å². The van der Waals surface area contributed by atoms with Crippen molar-refractivity contribution in [1.82, 2.24) is 5.43 Å². The molecule has 0 atom stereocenters. The number of allylic oxidation sites excluding steroid dienone is 1. The molecule has 3 nitrogen and oxygen atoms in total. The van der Waals surface area contributed by atoms with Crippen molar-refractivity contribution < 1.29 is 17.9 Å². The summed E-state index contributed by atoms with van der Waals surface area (Å²) in [5.74, 6) is -0.254. The minimum absolute atomic E-state index is 0.254. The summed E-state index contributed by atoms with van der Waals surface area (Å²) < 4.78 is 39.4. The summed E-state index contributed by atoms with van der Waals surface area (Å²) in [4.78, 5) is 0. The second kappa shape index (κ2) is 3.88. The highest BCUT2D eigenvalue weighted by atomic mass is 19.4. The maximum Gasteiger partial charge on any atom is 0.573 e. The molecule has 1 radical (unpaired) electrons. The third-order valence-electron chi connectivity index (χ3n) is 1.85. The average molecular weight is 227 g/mol. The lowest BCUT2D eigenvalue weighted by molar-refractivity contribution is -0.274.